The zero-order valence-corrected chi connectivity index (χ0v) is 13.2. The van der Waals surface area contributed by atoms with E-state index in [2.05, 4.69) is 10.3 Å². The van der Waals surface area contributed by atoms with E-state index < -0.39 is 0 Å². The maximum absolute atomic E-state index is 5.85. The van der Waals surface area contributed by atoms with Crippen molar-refractivity contribution in [3.63, 3.8) is 0 Å². The highest BCUT2D eigenvalue weighted by molar-refractivity contribution is 5.19. The summed E-state index contributed by atoms with van der Waals surface area (Å²) in [7, 11) is 3.75. The van der Waals surface area contributed by atoms with Gasteiger partial charge in [-0.1, -0.05) is 20.3 Å². The smallest absolute Gasteiger partial charge is 0.138 e. The number of rotatable bonds is 2. The Hall–Kier alpha value is -1.09. The fourth-order valence-electron chi connectivity index (χ4n) is 1.90. The van der Waals surface area contributed by atoms with Gasteiger partial charge in [0.25, 0.3) is 0 Å². The van der Waals surface area contributed by atoms with Crippen molar-refractivity contribution in [3.8, 4) is 5.75 Å². The van der Waals surface area contributed by atoms with E-state index in [1.54, 1.807) is 0 Å². The molecule has 1 fully saturated rings. The zero-order chi connectivity index (χ0) is 14.5. The molecule has 1 aliphatic carbocycles. The van der Waals surface area contributed by atoms with E-state index in [0.29, 0.717) is 6.10 Å². The number of ether oxygens (including phenoxy) is 1. The molecule has 1 N–H and O–H groups in total. The minimum absolute atomic E-state index is 0.424. The SMILES string of the molecule is CC.CNC.Cc1ccc(OC2CCCCC2)cn1. The molecule has 2 rings (SSSR count). The molecule has 0 spiro atoms. The molecule has 0 unspecified atom stereocenters. The van der Waals surface area contributed by atoms with E-state index in [4.69, 9.17) is 4.74 Å². The predicted molar refractivity (Wildman–Crippen MR) is 82.8 cm³/mol. The molecule has 110 valence electrons. The average molecular weight is 266 g/mol. The van der Waals surface area contributed by atoms with Crippen LogP contribution in [0.1, 0.15) is 51.6 Å². The van der Waals surface area contributed by atoms with Crippen LogP contribution in [0.3, 0.4) is 0 Å². The summed E-state index contributed by atoms with van der Waals surface area (Å²) in [6, 6.07) is 4.01. The lowest BCUT2D eigenvalue weighted by Crippen LogP contribution is -2.19. The summed E-state index contributed by atoms with van der Waals surface area (Å²) in [6.45, 7) is 5.99. The van der Waals surface area contributed by atoms with Gasteiger partial charge in [-0.2, -0.15) is 0 Å². The summed E-state index contributed by atoms with van der Waals surface area (Å²) in [5, 5.41) is 2.75. The van der Waals surface area contributed by atoms with E-state index in [1.807, 2.05) is 53.2 Å². The Morgan fingerprint density at radius 2 is 1.68 bits per heavy atom. The Morgan fingerprint density at radius 1 is 1.11 bits per heavy atom. The molecule has 1 aromatic rings. The van der Waals surface area contributed by atoms with Crippen molar-refractivity contribution in [2.24, 2.45) is 0 Å². The molecule has 0 aromatic carbocycles. The second-order valence-corrected chi connectivity index (χ2v) is 4.51. The molecule has 0 saturated heterocycles. The van der Waals surface area contributed by atoms with Crippen LogP contribution in [0.25, 0.3) is 0 Å². The Morgan fingerprint density at radius 3 is 2.16 bits per heavy atom. The Kier molecular flexibility index (Phi) is 11.3. The van der Waals surface area contributed by atoms with E-state index in [1.165, 1.54) is 32.1 Å². The van der Waals surface area contributed by atoms with Gasteiger partial charge in [-0.05, 0) is 58.8 Å². The first kappa shape index (κ1) is 17.9. The van der Waals surface area contributed by atoms with Gasteiger partial charge in [-0.3, -0.25) is 4.98 Å². The van der Waals surface area contributed by atoms with Crippen LogP contribution in [0.15, 0.2) is 18.3 Å². The van der Waals surface area contributed by atoms with Gasteiger partial charge in [0, 0.05) is 5.69 Å². The highest BCUT2D eigenvalue weighted by Gasteiger charge is 2.14. The molecule has 0 amide bonds. The third kappa shape index (κ3) is 8.60. The third-order valence-electron chi connectivity index (χ3n) is 2.74. The van der Waals surface area contributed by atoms with E-state index in [0.717, 1.165) is 11.4 Å². The van der Waals surface area contributed by atoms with Crippen LogP contribution < -0.4 is 10.1 Å². The molecule has 1 heterocycles. The van der Waals surface area contributed by atoms with Gasteiger partial charge < -0.3 is 10.1 Å². The zero-order valence-electron chi connectivity index (χ0n) is 13.2. The van der Waals surface area contributed by atoms with Gasteiger partial charge in [0.05, 0.1) is 12.3 Å². The van der Waals surface area contributed by atoms with Crippen molar-refractivity contribution in [2.45, 2.75) is 59.0 Å². The minimum Gasteiger partial charge on any atom is -0.489 e. The third-order valence-corrected chi connectivity index (χ3v) is 2.74. The predicted octanol–water partition coefficient (Wildman–Crippen LogP) is 3.96. The highest BCUT2D eigenvalue weighted by Crippen LogP contribution is 2.22. The fourth-order valence-corrected chi connectivity index (χ4v) is 1.90. The molecular formula is C16H30N2O. The largest absolute Gasteiger partial charge is 0.489 e. The Balaban J connectivity index is 0.000000573. The first-order chi connectivity index (χ1) is 9.26. The highest BCUT2D eigenvalue weighted by atomic mass is 16.5. The summed E-state index contributed by atoms with van der Waals surface area (Å²) < 4.78 is 5.85. The van der Waals surface area contributed by atoms with Gasteiger partial charge in [0.1, 0.15) is 5.75 Å². The maximum Gasteiger partial charge on any atom is 0.138 e. The molecule has 1 aromatic heterocycles. The van der Waals surface area contributed by atoms with Crippen LogP contribution in [0, 0.1) is 6.92 Å². The van der Waals surface area contributed by atoms with Crippen LogP contribution in [-0.2, 0) is 0 Å². The van der Waals surface area contributed by atoms with Crippen molar-refractivity contribution in [3.05, 3.63) is 24.0 Å². The molecule has 0 radical (unpaired) electrons. The number of aryl methyl sites for hydroxylation is 1. The van der Waals surface area contributed by atoms with Crippen LogP contribution in [0.5, 0.6) is 5.75 Å². The molecule has 0 aliphatic heterocycles. The lowest BCUT2D eigenvalue weighted by Gasteiger charge is -2.22. The Bertz CT molecular complexity index is 292. The first-order valence-electron chi connectivity index (χ1n) is 7.44. The van der Waals surface area contributed by atoms with Crippen LogP contribution in [0.4, 0.5) is 0 Å². The van der Waals surface area contributed by atoms with E-state index in [-0.39, 0.29) is 0 Å². The van der Waals surface area contributed by atoms with Gasteiger partial charge in [-0.15, -0.1) is 0 Å². The standard InChI is InChI=1S/C12H17NO.C2H7N.C2H6/c1-10-7-8-12(9-13-10)14-11-5-3-2-4-6-11;1-3-2;1-2/h7-9,11H,2-6H2,1H3;3H,1-2H3;1-2H3. The summed E-state index contributed by atoms with van der Waals surface area (Å²) in [5.74, 6) is 0.919. The van der Waals surface area contributed by atoms with Crippen molar-refractivity contribution < 1.29 is 4.74 Å². The summed E-state index contributed by atoms with van der Waals surface area (Å²) >= 11 is 0. The molecular weight excluding hydrogens is 236 g/mol. The lowest BCUT2D eigenvalue weighted by atomic mass is 9.98. The number of pyridine rings is 1. The van der Waals surface area contributed by atoms with Gasteiger partial charge >= 0.3 is 0 Å². The summed E-state index contributed by atoms with van der Waals surface area (Å²) in [6.07, 6.45) is 8.64. The van der Waals surface area contributed by atoms with E-state index >= 15 is 0 Å². The minimum atomic E-state index is 0.424. The lowest BCUT2D eigenvalue weighted by molar-refractivity contribution is 0.154. The number of aromatic nitrogens is 1. The van der Waals surface area contributed by atoms with Gasteiger partial charge in [0.15, 0.2) is 0 Å². The van der Waals surface area contributed by atoms with Crippen molar-refractivity contribution in [2.75, 3.05) is 14.1 Å². The maximum atomic E-state index is 5.85. The van der Waals surface area contributed by atoms with Crippen molar-refractivity contribution >= 4 is 0 Å². The van der Waals surface area contributed by atoms with Crippen LogP contribution in [-0.4, -0.2) is 25.2 Å². The molecule has 3 heteroatoms. The molecule has 19 heavy (non-hydrogen) atoms. The van der Waals surface area contributed by atoms with Gasteiger partial charge in [-0.25, -0.2) is 0 Å². The van der Waals surface area contributed by atoms with Crippen molar-refractivity contribution in [1.29, 1.82) is 0 Å². The summed E-state index contributed by atoms with van der Waals surface area (Å²) in [5.41, 5.74) is 1.04. The first-order valence-corrected chi connectivity index (χ1v) is 7.44. The number of hydrogen-bond acceptors (Lipinski definition) is 3. The molecule has 0 atom stereocenters. The van der Waals surface area contributed by atoms with Crippen LogP contribution in [0.2, 0.25) is 0 Å². The molecule has 1 saturated carbocycles. The molecule has 0 bridgehead atoms. The molecule has 1 aliphatic rings. The topological polar surface area (TPSA) is 34.1 Å². The number of hydrogen-bond donors (Lipinski definition) is 1. The van der Waals surface area contributed by atoms with Crippen molar-refractivity contribution in [1.82, 2.24) is 10.3 Å². The quantitative estimate of drug-likeness (QED) is 0.879. The van der Waals surface area contributed by atoms with Crippen LogP contribution >= 0.6 is 0 Å². The Labute approximate surface area is 118 Å². The second kappa shape index (κ2) is 12.0. The fraction of sp³-hybridized carbons (Fsp3) is 0.688. The normalized spacial score (nSPS) is 14.6. The number of nitrogens with one attached hydrogen (secondary N) is 1. The van der Waals surface area contributed by atoms with Gasteiger partial charge in [0.2, 0.25) is 0 Å². The summed E-state index contributed by atoms with van der Waals surface area (Å²) in [4.78, 5) is 4.22. The molecule has 3 nitrogen and oxygen atoms in total. The van der Waals surface area contributed by atoms with E-state index in [9.17, 15) is 0 Å². The second-order valence-electron chi connectivity index (χ2n) is 4.51. The number of nitrogens with zero attached hydrogens (tertiary/aromatic N) is 1. The monoisotopic (exact) mass is 266 g/mol. The average Bonchev–Trinajstić information content (AvgIpc) is 2.46.